The van der Waals surface area contributed by atoms with Gasteiger partial charge in [-0.1, -0.05) is 0 Å². The molecule has 0 aliphatic rings. The number of nitrogens with zero attached hydrogens (tertiary/aromatic N) is 1. The Morgan fingerprint density at radius 3 is 2.29 bits per heavy atom. The summed E-state index contributed by atoms with van der Waals surface area (Å²) in [6.45, 7) is 0. The molecule has 3 aromatic rings. The first kappa shape index (κ1) is 15.7. The van der Waals surface area contributed by atoms with Crippen molar-refractivity contribution in [2.24, 2.45) is 0 Å². The lowest BCUT2D eigenvalue weighted by Crippen LogP contribution is -2.12. The molecule has 122 valence electrons. The van der Waals surface area contributed by atoms with Crippen LogP contribution in [0.25, 0.3) is 5.69 Å². The lowest BCUT2D eigenvalue weighted by Gasteiger charge is -2.12. The summed E-state index contributed by atoms with van der Waals surface area (Å²) in [5, 5.41) is 2.86. The largest absolute Gasteiger partial charge is 0.497 e. The monoisotopic (exact) mass is 322 g/mol. The van der Waals surface area contributed by atoms with Gasteiger partial charge in [-0.15, -0.1) is 0 Å². The molecule has 0 spiro atoms. The number of methoxy groups -OCH3 is 2. The summed E-state index contributed by atoms with van der Waals surface area (Å²) in [5.41, 5.74) is 2.17. The van der Waals surface area contributed by atoms with Crippen LogP contribution in [0.3, 0.4) is 0 Å². The highest BCUT2D eigenvalue weighted by Crippen LogP contribution is 2.29. The lowest BCUT2D eigenvalue weighted by molar-refractivity contribution is 0.102. The van der Waals surface area contributed by atoms with Crippen LogP contribution in [0.1, 0.15) is 10.4 Å². The standard InChI is InChI=1S/C19H18N2O3/c1-23-16-9-10-17(18(13-16)24-2)20-19(22)14-5-7-15(8-6-14)21-11-3-4-12-21/h3-13H,1-2H3,(H,20,22). The van der Waals surface area contributed by atoms with E-state index >= 15 is 0 Å². The van der Waals surface area contributed by atoms with Crippen molar-refractivity contribution < 1.29 is 14.3 Å². The van der Waals surface area contributed by atoms with Gasteiger partial charge in [0.15, 0.2) is 0 Å². The van der Waals surface area contributed by atoms with Crippen molar-refractivity contribution in [3.05, 3.63) is 72.6 Å². The van der Waals surface area contributed by atoms with Gasteiger partial charge in [-0.25, -0.2) is 0 Å². The number of hydrogen-bond donors (Lipinski definition) is 1. The molecule has 5 heteroatoms. The zero-order valence-corrected chi connectivity index (χ0v) is 13.5. The molecule has 0 fully saturated rings. The molecule has 0 aliphatic heterocycles. The average molecular weight is 322 g/mol. The Kier molecular flexibility index (Phi) is 4.52. The zero-order chi connectivity index (χ0) is 16.9. The van der Waals surface area contributed by atoms with Crippen molar-refractivity contribution >= 4 is 11.6 Å². The molecule has 0 atom stereocenters. The van der Waals surface area contributed by atoms with Crippen LogP contribution in [0.5, 0.6) is 11.5 Å². The first-order valence-electron chi connectivity index (χ1n) is 7.48. The maximum absolute atomic E-state index is 12.4. The predicted molar refractivity (Wildman–Crippen MR) is 93.3 cm³/mol. The number of aromatic nitrogens is 1. The Balaban J connectivity index is 1.77. The molecule has 0 saturated carbocycles. The third-order valence-electron chi connectivity index (χ3n) is 3.69. The van der Waals surface area contributed by atoms with Crippen LogP contribution in [-0.4, -0.2) is 24.7 Å². The zero-order valence-electron chi connectivity index (χ0n) is 13.5. The molecule has 1 amide bonds. The molecular formula is C19H18N2O3. The van der Waals surface area contributed by atoms with Gasteiger partial charge in [0, 0.05) is 29.7 Å². The van der Waals surface area contributed by atoms with E-state index in [1.54, 1.807) is 44.6 Å². The molecule has 3 rings (SSSR count). The van der Waals surface area contributed by atoms with Gasteiger partial charge < -0.3 is 19.4 Å². The van der Waals surface area contributed by atoms with Crippen molar-refractivity contribution in [1.29, 1.82) is 0 Å². The highest BCUT2D eigenvalue weighted by atomic mass is 16.5. The van der Waals surface area contributed by atoms with E-state index in [4.69, 9.17) is 9.47 Å². The molecule has 0 unspecified atom stereocenters. The minimum absolute atomic E-state index is 0.197. The van der Waals surface area contributed by atoms with Crippen molar-refractivity contribution in [1.82, 2.24) is 4.57 Å². The molecule has 1 heterocycles. The minimum atomic E-state index is -0.197. The smallest absolute Gasteiger partial charge is 0.255 e. The van der Waals surface area contributed by atoms with E-state index < -0.39 is 0 Å². The number of hydrogen-bond acceptors (Lipinski definition) is 3. The normalized spacial score (nSPS) is 10.2. The maximum atomic E-state index is 12.4. The highest BCUT2D eigenvalue weighted by molar-refractivity contribution is 6.05. The Hall–Kier alpha value is -3.21. The fraction of sp³-hybridized carbons (Fsp3) is 0.105. The van der Waals surface area contributed by atoms with Crippen molar-refractivity contribution in [3.8, 4) is 17.2 Å². The number of benzene rings is 2. The van der Waals surface area contributed by atoms with E-state index in [2.05, 4.69) is 5.32 Å². The minimum Gasteiger partial charge on any atom is -0.497 e. The van der Waals surface area contributed by atoms with Gasteiger partial charge in [-0.3, -0.25) is 4.79 Å². The molecule has 2 aromatic carbocycles. The van der Waals surface area contributed by atoms with E-state index in [-0.39, 0.29) is 5.91 Å². The molecular weight excluding hydrogens is 304 g/mol. The molecule has 0 bridgehead atoms. The first-order chi connectivity index (χ1) is 11.7. The van der Waals surface area contributed by atoms with E-state index in [1.807, 2.05) is 41.2 Å². The quantitative estimate of drug-likeness (QED) is 0.778. The Labute approximate surface area is 140 Å². The summed E-state index contributed by atoms with van der Waals surface area (Å²) in [5.74, 6) is 1.02. The highest BCUT2D eigenvalue weighted by Gasteiger charge is 2.11. The van der Waals surface area contributed by atoms with Crippen LogP contribution in [0.4, 0.5) is 5.69 Å². The second-order valence-corrected chi connectivity index (χ2v) is 5.16. The summed E-state index contributed by atoms with van der Waals surface area (Å²) in [6.07, 6.45) is 3.91. The van der Waals surface area contributed by atoms with Crippen LogP contribution < -0.4 is 14.8 Å². The number of carbonyl (C=O) groups excluding carboxylic acids is 1. The van der Waals surface area contributed by atoms with Crippen molar-refractivity contribution in [2.75, 3.05) is 19.5 Å². The second-order valence-electron chi connectivity index (χ2n) is 5.16. The average Bonchev–Trinajstić information content (AvgIpc) is 3.16. The number of amides is 1. The van der Waals surface area contributed by atoms with E-state index in [0.29, 0.717) is 22.7 Å². The third-order valence-corrected chi connectivity index (χ3v) is 3.69. The van der Waals surface area contributed by atoms with Gasteiger partial charge in [0.25, 0.3) is 5.91 Å². The number of rotatable bonds is 5. The summed E-state index contributed by atoms with van der Waals surface area (Å²) in [4.78, 5) is 12.4. The molecule has 0 aliphatic carbocycles. The number of nitrogens with one attached hydrogen (secondary N) is 1. The Bertz CT molecular complexity index is 824. The van der Waals surface area contributed by atoms with Gasteiger partial charge in [0.05, 0.1) is 19.9 Å². The van der Waals surface area contributed by atoms with Crippen molar-refractivity contribution in [2.45, 2.75) is 0 Å². The van der Waals surface area contributed by atoms with E-state index in [1.165, 1.54) is 0 Å². The number of ether oxygens (including phenoxy) is 2. The molecule has 5 nitrogen and oxygen atoms in total. The molecule has 24 heavy (non-hydrogen) atoms. The molecule has 1 aromatic heterocycles. The SMILES string of the molecule is COc1ccc(NC(=O)c2ccc(-n3cccc3)cc2)c(OC)c1. The van der Waals surface area contributed by atoms with Crippen LogP contribution >= 0.6 is 0 Å². The summed E-state index contributed by atoms with van der Waals surface area (Å²) in [6, 6.07) is 16.6. The van der Waals surface area contributed by atoms with Crippen LogP contribution in [-0.2, 0) is 0 Å². The summed E-state index contributed by atoms with van der Waals surface area (Å²) in [7, 11) is 3.13. The Morgan fingerprint density at radius 2 is 1.67 bits per heavy atom. The molecule has 0 radical (unpaired) electrons. The predicted octanol–water partition coefficient (Wildman–Crippen LogP) is 3.75. The second kappa shape index (κ2) is 6.91. The summed E-state index contributed by atoms with van der Waals surface area (Å²) >= 11 is 0. The molecule has 0 saturated heterocycles. The number of anilines is 1. The van der Waals surface area contributed by atoms with E-state index in [9.17, 15) is 4.79 Å². The third kappa shape index (κ3) is 3.25. The van der Waals surface area contributed by atoms with Gasteiger partial charge in [-0.05, 0) is 48.5 Å². The molecule has 1 N–H and O–H groups in total. The topological polar surface area (TPSA) is 52.5 Å². The summed E-state index contributed by atoms with van der Waals surface area (Å²) < 4.78 is 12.4. The van der Waals surface area contributed by atoms with Crippen LogP contribution in [0, 0.1) is 0 Å². The fourth-order valence-corrected chi connectivity index (χ4v) is 2.39. The fourth-order valence-electron chi connectivity index (χ4n) is 2.39. The van der Waals surface area contributed by atoms with Gasteiger partial charge in [-0.2, -0.15) is 0 Å². The number of carbonyl (C=O) groups is 1. The van der Waals surface area contributed by atoms with E-state index in [0.717, 1.165) is 5.69 Å². The van der Waals surface area contributed by atoms with Crippen LogP contribution in [0.15, 0.2) is 67.0 Å². The van der Waals surface area contributed by atoms with Gasteiger partial charge in [0.2, 0.25) is 0 Å². The van der Waals surface area contributed by atoms with Gasteiger partial charge in [0.1, 0.15) is 11.5 Å². The lowest BCUT2D eigenvalue weighted by atomic mass is 10.2. The Morgan fingerprint density at radius 1 is 0.958 bits per heavy atom. The van der Waals surface area contributed by atoms with Gasteiger partial charge >= 0.3 is 0 Å². The maximum Gasteiger partial charge on any atom is 0.255 e. The first-order valence-corrected chi connectivity index (χ1v) is 7.48. The van der Waals surface area contributed by atoms with Crippen molar-refractivity contribution in [3.63, 3.8) is 0 Å². The van der Waals surface area contributed by atoms with Crippen LogP contribution in [0.2, 0.25) is 0 Å².